The van der Waals surface area contributed by atoms with Crippen molar-refractivity contribution in [3.63, 3.8) is 0 Å². The van der Waals surface area contributed by atoms with Gasteiger partial charge in [-0.25, -0.2) is 8.42 Å². The van der Waals surface area contributed by atoms with Crippen LogP contribution in [0.5, 0.6) is 5.75 Å². The van der Waals surface area contributed by atoms with Gasteiger partial charge in [-0.05, 0) is 49.1 Å². The Kier molecular flexibility index (Phi) is 5.08. The number of nitrogens with one attached hydrogen (secondary N) is 1. The van der Waals surface area contributed by atoms with Gasteiger partial charge in [0.25, 0.3) is 0 Å². The van der Waals surface area contributed by atoms with E-state index in [1.54, 1.807) is 13.2 Å². The summed E-state index contributed by atoms with van der Waals surface area (Å²) in [6.07, 6.45) is 0.490. The number of anilines is 1. The normalized spacial score (nSPS) is 11.2. The number of benzene rings is 2. The van der Waals surface area contributed by atoms with Gasteiger partial charge in [0, 0.05) is 0 Å². The van der Waals surface area contributed by atoms with Crippen molar-refractivity contribution in [3.8, 4) is 5.75 Å². The molecule has 118 valence electrons. The summed E-state index contributed by atoms with van der Waals surface area (Å²) < 4.78 is 32.4. The fourth-order valence-corrected chi connectivity index (χ4v) is 3.40. The van der Waals surface area contributed by atoms with Crippen LogP contribution in [0.4, 0.5) is 5.69 Å². The van der Waals surface area contributed by atoms with E-state index in [0.29, 0.717) is 12.1 Å². The van der Waals surface area contributed by atoms with Crippen LogP contribution in [-0.4, -0.2) is 21.3 Å². The maximum atomic E-state index is 12.2. The molecule has 0 atom stereocenters. The Balaban J connectivity index is 2.10. The highest BCUT2D eigenvalue weighted by Gasteiger charge is 2.13. The molecule has 0 bridgehead atoms. The maximum absolute atomic E-state index is 12.2. The zero-order valence-corrected chi connectivity index (χ0v) is 13.9. The van der Waals surface area contributed by atoms with E-state index in [1.807, 2.05) is 50.2 Å². The molecule has 0 radical (unpaired) electrons. The second-order valence-electron chi connectivity index (χ2n) is 5.29. The van der Waals surface area contributed by atoms with E-state index in [4.69, 9.17) is 4.74 Å². The number of aryl methyl sites for hydroxylation is 3. The van der Waals surface area contributed by atoms with Crippen molar-refractivity contribution >= 4 is 15.7 Å². The minimum atomic E-state index is -3.38. The minimum absolute atomic E-state index is 0.0571. The molecular formula is C17H21NO3S. The van der Waals surface area contributed by atoms with E-state index >= 15 is 0 Å². The highest BCUT2D eigenvalue weighted by molar-refractivity contribution is 7.92. The molecular weight excluding hydrogens is 298 g/mol. The predicted octanol–water partition coefficient (Wildman–Crippen LogP) is 3.30. The van der Waals surface area contributed by atoms with Gasteiger partial charge >= 0.3 is 0 Å². The van der Waals surface area contributed by atoms with Crippen LogP contribution >= 0.6 is 0 Å². The average Bonchev–Trinajstić information content (AvgIpc) is 2.49. The van der Waals surface area contributed by atoms with Crippen molar-refractivity contribution in [1.29, 1.82) is 0 Å². The van der Waals surface area contributed by atoms with Gasteiger partial charge in [0.05, 0.1) is 18.6 Å². The fourth-order valence-electron chi connectivity index (χ4n) is 2.24. The Morgan fingerprint density at radius 2 is 1.73 bits per heavy atom. The number of rotatable bonds is 6. The van der Waals surface area contributed by atoms with Crippen molar-refractivity contribution in [2.45, 2.75) is 20.3 Å². The molecule has 4 nitrogen and oxygen atoms in total. The molecule has 0 amide bonds. The Bertz CT molecular complexity index is 740. The van der Waals surface area contributed by atoms with Crippen molar-refractivity contribution in [2.75, 3.05) is 17.6 Å². The van der Waals surface area contributed by atoms with E-state index < -0.39 is 10.0 Å². The molecule has 0 aliphatic heterocycles. The van der Waals surface area contributed by atoms with Crippen LogP contribution in [0.1, 0.15) is 16.7 Å². The summed E-state index contributed by atoms with van der Waals surface area (Å²) in [6.45, 7) is 3.75. The van der Waals surface area contributed by atoms with Crippen LogP contribution in [0, 0.1) is 13.8 Å². The van der Waals surface area contributed by atoms with E-state index in [-0.39, 0.29) is 5.75 Å². The third-order valence-electron chi connectivity index (χ3n) is 3.51. The molecule has 0 aliphatic rings. The van der Waals surface area contributed by atoms with E-state index in [9.17, 15) is 8.42 Å². The monoisotopic (exact) mass is 319 g/mol. The molecule has 0 aliphatic carbocycles. The summed E-state index contributed by atoms with van der Waals surface area (Å²) in [5, 5.41) is 0. The molecule has 2 rings (SSSR count). The van der Waals surface area contributed by atoms with Crippen LogP contribution in [0.15, 0.2) is 42.5 Å². The quantitative estimate of drug-likeness (QED) is 0.889. The molecule has 0 aromatic heterocycles. The molecule has 2 aromatic rings. The Labute approximate surface area is 132 Å². The molecule has 0 unspecified atom stereocenters. The zero-order valence-electron chi connectivity index (χ0n) is 13.1. The Hall–Kier alpha value is -2.01. The lowest BCUT2D eigenvalue weighted by Gasteiger charge is -2.13. The minimum Gasteiger partial charge on any atom is -0.496 e. The standard InChI is InChI=1S/C17H21NO3S/c1-13-12-17(21-3)14(2)11-16(13)18-22(19,20)10-9-15-7-5-4-6-8-15/h4-8,11-12,18H,9-10H2,1-3H3. The summed E-state index contributed by atoms with van der Waals surface area (Å²) in [6, 6.07) is 13.2. The third kappa shape index (κ3) is 4.24. The van der Waals surface area contributed by atoms with Crippen molar-refractivity contribution < 1.29 is 13.2 Å². The lowest BCUT2D eigenvalue weighted by Crippen LogP contribution is -2.19. The summed E-state index contributed by atoms with van der Waals surface area (Å²) in [7, 11) is -1.78. The summed E-state index contributed by atoms with van der Waals surface area (Å²) in [4.78, 5) is 0. The average molecular weight is 319 g/mol. The summed E-state index contributed by atoms with van der Waals surface area (Å²) in [5.41, 5.74) is 3.35. The summed E-state index contributed by atoms with van der Waals surface area (Å²) >= 11 is 0. The smallest absolute Gasteiger partial charge is 0.233 e. The van der Waals surface area contributed by atoms with Gasteiger partial charge in [-0.3, -0.25) is 4.72 Å². The summed E-state index contributed by atoms with van der Waals surface area (Å²) in [5.74, 6) is 0.811. The van der Waals surface area contributed by atoms with E-state index in [2.05, 4.69) is 4.72 Å². The fraction of sp³-hybridized carbons (Fsp3) is 0.294. The molecule has 2 aromatic carbocycles. The highest BCUT2D eigenvalue weighted by atomic mass is 32.2. The largest absolute Gasteiger partial charge is 0.496 e. The maximum Gasteiger partial charge on any atom is 0.233 e. The Morgan fingerprint density at radius 3 is 2.36 bits per heavy atom. The number of hydrogen-bond acceptors (Lipinski definition) is 3. The molecule has 5 heteroatoms. The molecule has 1 N–H and O–H groups in total. The van der Waals surface area contributed by atoms with Crippen molar-refractivity contribution in [3.05, 3.63) is 59.2 Å². The van der Waals surface area contributed by atoms with Gasteiger partial charge in [-0.15, -0.1) is 0 Å². The van der Waals surface area contributed by atoms with Crippen LogP contribution in [0.2, 0.25) is 0 Å². The van der Waals surface area contributed by atoms with Gasteiger partial charge in [-0.1, -0.05) is 30.3 Å². The third-order valence-corrected chi connectivity index (χ3v) is 4.78. The van der Waals surface area contributed by atoms with Gasteiger partial charge in [0.2, 0.25) is 10.0 Å². The molecule has 0 spiro atoms. The lowest BCUT2D eigenvalue weighted by atomic mass is 10.1. The van der Waals surface area contributed by atoms with E-state index in [1.165, 1.54) is 0 Å². The topological polar surface area (TPSA) is 55.4 Å². The Morgan fingerprint density at radius 1 is 1.05 bits per heavy atom. The van der Waals surface area contributed by atoms with Gasteiger partial charge in [0.1, 0.15) is 5.75 Å². The van der Waals surface area contributed by atoms with Gasteiger partial charge in [0.15, 0.2) is 0 Å². The molecule has 0 saturated heterocycles. The second-order valence-corrected chi connectivity index (χ2v) is 7.14. The van der Waals surface area contributed by atoms with Crippen LogP contribution in [0.25, 0.3) is 0 Å². The zero-order chi connectivity index (χ0) is 16.2. The first-order chi connectivity index (χ1) is 10.4. The molecule has 0 fully saturated rings. The second kappa shape index (κ2) is 6.83. The first-order valence-corrected chi connectivity index (χ1v) is 8.76. The predicted molar refractivity (Wildman–Crippen MR) is 90.0 cm³/mol. The van der Waals surface area contributed by atoms with Gasteiger partial charge in [-0.2, -0.15) is 0 Å². The molecule has 0 heterocycles. The number of ether oxygens (including phenoxy) is 1. The number of sulfonamides is 1. The first-order valence-electron chi connectivity index (χ1n) is 7.11. The molecule has 22 heavy (non-hydrogen) atoms. The highest BCUT2D eigenvalue weighted by Crippen LogP contribution is 2.26. The van der Waals surface area contributed by atoms with Crippen LogP contribution in [0.3, 0.4) is 0 Å². The molecule has 0 saturated carbocycles. The van der Waals surface area contributed by atoms with Crippen LogP contribution in [-0.2, 0) is 16.4 Å². The lowest BCUT2D eigenvalue weighted by molar-refractivity contribution is 0.411. The first kappa shape index (κ1) is 16.4. The SMILES string of the molecule is COc1cc(C)c(NS(=O)(=O)CCc2ccccc2)cc1C. The van der Waals surface area contributed by atoms with Crippen molar-refractivity contribution in [2.24, 2.45) is 0 Å². The number of hydrogen-bond donors (Lipinski definition) is 1. The van der Waals surface area contributed by atoms with Crippen LogP contribution < -0.4 is 9.46 Å². The van der Waals surface area contributed by atoms with Gasteiger partial charge < -0.3 is 4.74 Å². The van der Waals surface area contributed by atoms with E-state index in [0.717, 1.165) is 22.4 Å². The number of methoxy groups -OCH3 is 1. The van der Waals surface area contributed by atoms with Crippen molar-refractivity contribution in [1.82, 2.24) is 0 Å².